The van der Waals surface area contributed by atoms with E-state index in [0.29, 0.717) is 29.9 Å². The number of methoxy groups -OCH3 is 2. The fourth-order valence-electron chi connectivity index (χ4n) is 5.21. The first-order valence-corrected chi connectivity index (χ1v) is 18.4. The number of amides is 2. The van der Waals surface area contributed by atoms with Crippen molar-refractivity contribution in [1.82, 2.24) is 4.90 Å². The first-order chi connectivity index (χ1) is 21.4. The zero-order valence-corrected chi connectivity index (χ0v) is 28.8. The molecule has 45 heavy (non-hydrogen) atoms. The molecule has 1 saturated heterocycles. The van der Waals surface area contributed by atoms with Gasteiger partial charge in [-0.3, -0.25) is 4.79 Å². The van der Waals surface area contributed by atoms with E-state index in [-0.39, 0.29) is 18.3 Å². The van der Waals surface area contributed by atoms with E-state index in [4.69, 9.17) is 23.4 Å². The van der Waals surface area contributed by atoms with Crippen LogP contribution in [0.3, 0.4) is 0 Å². The fourth-order valence-corrected chi connectivity index (χ4v) is 6.46. The summed E-state index contributed by atoms with van der Waals surface area (Å²) >= 11 is 0. The Morgan fingerprint density at radius 1 is 0.956 bits per heavy atom. The van der Waals surface area contributed by atoms with Crippen molar-refractivity contribution in [1.29, 1.82) is 0 Å². The zero-order chi connectivity index (χ0) is 32.8. The third-order valence-corrected chi connectivity index (χ3v) is 13.3. The third-order valence-electron chi connectivity index (χ3n) is 8.89. The highest BCUT2D eigenvalue weighted by Gasteiger charge is 2.48. The van der Waals surface area contributed by atoms with E-state index in [9.17, 15) is 9.59 Å². The minimum absolute atomic E-state index is 0.107. The van der Waals surface area contributed by atoms with Crippen LogP contribution in [0.1, 0.15) is 49.1 Å². The van der Waals surface area contributed by atoms with E-state index in [1.807, 2.05) is 79.7 Å². The van der Waals surface area contributed by atoms with Crippen LogP contribution in [-0.4, -0.2) is 64.8 Å². The summed E-state index contributed by atoms with van der Waals surface area (Å²) in [7, 11) is 0.685. The molecule has 1 aliphatic rings. The number of hydrogen-bond donors (Lipinski definition) is 0. The fraction of sp³-hybridized carbons (Fsp3) is 0.444. The molecular weight excluding hydrogens is 586 g/mol. The van der Waals surface area contributed by atoms with E-state index < -0.39 is 38.6 Å². The molecule has 0 bridgehead atoms. The van der Waals surface area contributed by atoms with Gasteiger partial charge in [0.2, 0.25) is 0 Å². The van der Waals surface area contributed by atoms with Crippen LogP contribution in [0.4, 0.5) is 4.79 Å². The second-order valence-electron chi connectivity index (χ2n) is 13.0. The van der Waals surface area contributed by atoms with Crippen molar-refractivity contribution in [2.45, 2.75) is 76.9 Å². The van der Waals surface area contributed by atoms with Crippen LogP contribution in [0.15, 0.2) is 72.8 Å². The van der Waals surface area contributed by atoms with Gasteiger partial charge < -0.3 is 23.4 Å². The maximum atomic E-state index is 14.7. The molecule has 9 heteroatoms. The lowest BCUT2D eigenvalue weighted by Crippen LogP contribution is -2.51. The monoisotopic (exact) mass is 633 g/mol. The van der Waals surface area contributed by atoms with Crippen LogP contribution in [-0.2, 0) is 31.5 Å². The molecule has 1 heterocycles. The molecule has 3 aromatic carbocycles. The van der Waals surface area contributed by atoms with Gasteiger partial charge in [-0.2, -0.15) is 0 Å². The number of ether oxygens (including phenoxy) is 4. The Bertz CT molecular complexity index is 1410. The van der Waals surface area contributed by atoms with Crippen LogP contribution in [0.5, 0.6) is 11.5 Å². The highest BCUT2D eigenvalue weighted by molar-refractivity contribution is 6.74. The summed E-state index contributed by atoms with van der Waals surface area (Å²) in [6, 6.07) is 23.0. The van der Waals surface area contributed by atoms with Crippen molar-refractivity contribution in [3.05, 3.63) is 95.1 Å². The number of carbonyl (C=O) groups is 2. The highest BCUT2D eigenvalue weighted by atomic mass is 28.4. The minimum atomic E-state index is -2.51. The lowest BCUT2D eigenvalue weighted by Gasteiger charge is -2.41. The van der Waals surface area contributed by atoms with Crippen molar-refractivity contribution in [2.24, 2.45) is 0 Å². The molecular formula is C36H47NO7Si. The summed E-state index contributed by atoms with van der Waals surface area (Å²) < 4.78 is 30.5. The first kappa shape index (κ1) is 34.2. The van der Waals surface area contributed by atoms with E-state index in [1.165, 1.54) is 4.90 Å². The van der Waals surface area contributed by atoms with Crippen LogP contribution in [0, 0.1) is 6.92 Å². The number of carbonyl (C=O) groups excluding carboxylic acids is 2. The summed E-state index contributed by atoms with van der Waals surface area (Å²) in [6.07, 6.45) is -1.64. The van der Waals surface area contributed by atoms with Crippen molar-refractivity contribution in [3.8, 4) is 11.5 Å². The highest BCUT2D eigenvalue weighted by Crippen LogP contribution is 2.43. The number of benzene rings is 3. The molecule has 2 unspecified atom stereocenters. The molecule has 0 spiro atoms. The van der Waals surface area contributed by atoms with E-state index in [1.54, 1.807) is 14.2 Å². The number of imide groups is 1. The topological polar surface area (TPSA) is 83.5 Å². The second kappa shape index (κ2) is 14.6. The maximum Gasteiger partial charge on any atom is 0.417 e. The van der Waals surface area contributed by atoms with Gasteiger partial charge in [-0.1, -0.05) is 81.4 Å². The van der Waals surface area contributed by atoms with Gasteiger partial charge in [-0.05, 0) is 66.7 Å². The van der Waals surface area contributed by atoms with Crippen molar-refractivity contribution >= 4 is 20.3 Å². The number of cyclic esters (lactones) is 1. The average Bonchev–Trinajstić information content (AvgIpc) is 3.38. The van der Waals surface area contributed by atoms with E-state index in [2.05, 4.69) is 33.9 Å². The maximum absolute atomic E-state index is 14.7. The molecule has 8 nitrogen and oxygen atoms in total. The van der Waals surface area contributed by atoms with Gasteiger partial charge in [0.05, 0.1) is 26.9 Å². The van der Waals surface area contributed by atoms with Crippen LogP contribution < -0.4 is 9.47 Å². The van der Waals surface area contributed by atoms with Crippen LogP contribution in [0.25, 0.3) is 0 Å². The normalized spacial score (nSPS) is 16.7. The molecule has 0 N–H and O–H groups in total. The Kier molecular flexibility index (Phi) is 11.1. The number of nitrogens with zero attached hydrogens (tertiary/aromatic N) is 1. The van der Waals surface area contributed by atoms with Gasteiger partial charge in [0.15, 0.2) is 14.4 Å². The lowest BCUT2D eigenvalue weighted by molar-refractivity contribution is -0.149. The molecule has 0 aliphatic carbocycles. The van der Waals surface area contributed by atoms with Gasteiger partial charge in [-0.15, -0.1) is 0 Å². The molecule has 242 valence electrons. The van der Waals surface area contributed by atoms with Crippen molar-refractivity contribution in [3.63, 3.8) is 0 Å². The molecule has 4 rings (SSSR count). The molecule has 0 radical (unpaired) electrons. The predicted molar refractivity (Wildman–Crippen MR) is 177 cm³/mol. The summed E-state index contributed by atoms with van der Waals surface area (Å²) in [5.74, 6) is 0.714. The van der Waals surface area contributed by atoms with E-state index >= 15 is 0 Å². The predicted octanol–water partition coefficient (Wildman–Crippen LogP) is 7.29. The van der Waals surface area contributed by atoms with Gasteiger partial charge in [0.1, 0.15) is 24.2 Å². The van der Waals surface area contributed by atoms with Gasteiger partial charge in [-0.25, -0.2) is 9.69 Å². The first-order valence-electron chi connectivity index (χ1n) is 15.5. The summed E-state index contributed by atoms with van der Waals surface area (Å²) in [5.41, 5.74) is 3.58. The Morgan fingerprint density at radius 2 is 1.51 bits per heavy atom. The van der Waals surface area contributed by atoms with Crippen molar-refractivity contribution in [2.75, 3.05) is 27.4 Å². The Morgan fingerprint density at radius 3 is 2.04 bits per heavy atom. The molecule has 3 atom stereocenters. The molecule has 3 aromatic rings. The Balaban J connectivity index is 1.80. The number of rotatable bonds is 13. The smallest absolute Gasteiger partial charge is 0.417 e. The lowest BCUT2D eigenvalue weighted by atomic mass is 9.99. The van der Waals surface area contributed by atoms with Crippen molar-refractivity contribution < 1.29 is 33.0 Å². The summed E-state index contributed by atoms with van der Waals surface area (Å²) in [4.78, 5) is 29.1. The molecule has 1 fully saturated rings. The standard InChI is InChI=1S/C36H47NO7Si/c1-25-30(40-5)22-28(23-31(25)41-6)32(44-45(7,8)36(2,3)4)33(42-20-19-26-15-11-9-12-16-26)34(38)37-29(24-43-35(37)39)21-27-17-13-10-14-18-27/h9-18,22-23,29,32-33H,19-21,24H2,1-8H3/t29-,32?,33?/m0/s1. The Labute approximate surface area is 268 Å². The summed E-state index contributed by atoms with van der Waals surface area (Å²) in [5, 5.41) is -0.176. The van der Waals surface area contributed by atoms with Gasteiger partial charge in [0.25, 0.3) is 5.91 Å². The van der Waals surface area contributed by atoms with Gasteiger partial charge in [0, 0.05) is 5.56 Å². The largest absolute Gasteiger partial charge is 0.496 e. The number of hydrogen-bond acceptors (Lipinski definition) is 7. The minimum Gasteiger partial charge on any atom is -0.496 e. The Hall–Kier alpha value is -3.66. The molecule has 0 aromatic heterocycles. The van der Waals surface area contributed by atoms with Gasteiger partial charge >= 0.3 is 6.09 Å². The SMILES string of the molecule is COc1cc(C(O[Si](C)(C)C(C)(C)C)C(OCCc2ccccc2)C(=O)N2C(=O)OC[C@@H]2Cc2ccccc2)cc(OC)c1C. The summed E-state index contributed by atoms with van der Waals surface area (Å²) in [6.45, 7) is 13.0. The average molecular weight is 634 g/mol. The van der Waals surface area contributed by atoms with E-state index in [0.717, 1.165) is 16.7 Å². The molecule has 2 amide bonds. The molecule has 1 aliphatic heterocycles. The third kappa shape index (κ3) is 8.14. The second-order valence-corrected chi connectivity index (χ2v) is 17.8. The molecule has 0 saturated carbocycles. The quantitative estimate of drug-likeness (QED) is 0.183. The van der Waals surface area contributed by atoms with Crippen LogP contribution >= 0.6 is 0 Å². The van der Waals surface area contributed by atoms with Crippen LogP contribution in [0.2, 0.25) is 18.1 Å². The zero-order valence-electron chi connectivity index (χ0n) is 27.8.